The lowest BCUT2D eigenvalue weighted by atomic mass is 9.93. The first kappa shape index (κ1) is 22.9. The fourth-order valence-electron chi connectivity index (χ4n) is 4.17. The minimum absolute atomic E-state index is 0.000971. The second-order valence-corrected chi connectivity index (χ2v) is 8.47. The van der Waals surface area contributed by atoms with Crippen LogP contribution in [0.4, 0.5) is 4.39 Å². The van der Waals surface area contributed by atoms with E-state index in [1.807, 2.05) is 18.2 Å². The van der Waals surface area contributed by atoms with E-state index in [0.29, 0.717) is 36.4 Å². The van der Waals surface area contributed by atoms with Crippen molar-refractivity contribution in [1.82, 2.24) is 15.5 Å². The molecule has 2 aromatic rings. The van der Waals surface area contributed by atoms with Crippen LogP contribution in [0.15, 0.2) is 36.4 Å². The van der Waals surface area contributed by atoms with Gasteiger partial charge < -0.3 is 20.3 Å². The first-order valence-electron chi connectivity index (χ1n) is 11.2. The Balaban J connectivity index is 1.45. The molecular formula is C25H27FN4O3. The largest absolute Gasteiger partial charge is 0.367 e. The molecule has 2 aliphatic heterocycles. The Morgan fingerprint density at radius 3 is 2.91 bits per heavy atom. The maximum atomic E-state index is 14.9. The van der Waals surface area contributed by atoms with Crippen molar-refractivity contribution in [3.8, 4) is 17.2 Å². The number of hydrogen-bond donors (Lipinski definition) is 2. The predicted octanol–water partition coefficient (Wildman–Crippen LogP) is 2.05. The Morgan fingerprint density at radius 2 is 2.12 bits per heavy atom. The van der Waals surface area contributed by atoms with Gasteiger partial charge >= 0.3 is 0 Å². The summed E-state index contributed by atoms with van der Waals surface area (Å²) in [5.41, 5.74) is 3.52. The van der Waals surface area contributed by atoms with Gasteiger partial charge in [-0.05, 0) is 53.8 Å². The van der Waals surface area contributed by atoms with Gasteiger partial charge in [-0.1, -0.05) is 24.3 Å². The lowest BCUT2D eigenvalue weighted by Gasteiger charge is -2.25. The maximum Gasteiger partial charge on any atom is 0.253 e. The van der Waals surface area contributed by atoms with Gasteiger partial charge in [0.25, 0.3) is 11.8 Å². The molecule has 2 unspecified atom stereocenters. The normalized spacial score (nSPS) is 19.2. The fourth-order valence-corrected chi connectivity index (χ4v) is 4.17. The number of amides is 2. The average molecular weight is 451 g/mol. The molecule has 1 fully saturated rings. The maximum absolute atomic E-state index is 14.9. The van der Waals surface area contributed by atoms with Crippen molar-refractivity contribution in [2.75, 3.05) is 33.3 Å². The van der Waals surface area contributed by atoms with Gasteiger partial charge in [0, 0.05) is 38.7 Å². The molecule has 2 aromatic carbocycles. The number of benzene rings is 2. The smallest absolute Gasteiger partial charge is 0.253 e. The van der Waals surface area contributed by atoms with E-state index in [1.165, 1.54) is 6.07 Å². The molecule has 2 N–H and O–H groups in total. The SMILES string of the molecule is CN1CCc2cc(-c3ccc(CC(C#N)NC(=O)C4CNCCCO4)c(F)c3)ccc2C1=O. The highest BCUT2D eigenvalue weighted by Gasteiger charge is 2.24. The first-order valence-corrected chi connectivity index (χ1v) is 11.2. The van der Waals surface area contributed by atoms with Gasteiger partial charge in [0.1, 0.15) is 18.0 Å². The van der Waals surface area contributed by atoms with Crippen LogP contribution in [0.1, 0.15) is 27.9 Å². The number of likely N-dealkylation sites (N-methyl/N-ethyl adjacent to an activating group) is 1. The van der Waals surface area contributed by atoms with Gasteiger partial charge in [-0.15, -0.1) is 0 Å². The van der Waals surface area contributed by atoms with E-state index >= 15 is 0 Å². The molecule has 1 saturated heterocycles. The first-order chi connectivity index (χ1) is 16.0. The van der Waals surface area contributed by atoms with Crippen LogP contribution < -0.4 is 10.6 Å². The van der Waals surface area contributed by atoms with Crippen molar-refractivity contribution in [3.63, 3.8) is 0 Å². The van der Waals surface area contributed by atoms with Crippen LogP contribution in [-0.4, -0.2) is 62.1 Å². The summed E-state index contributed by atoms with van der Waals surface area (Å²) >= 11 is 0. The van der Waals surface area contributed by atoms with Gasteiger partial charge in [0.2, 0.25) is 0 Å². The van der Waals surface area contributed by atoms with Gasteiger partial charge in [0.05, 0.1) is 6.07 Å². The number of hydrogen-bond acceptors (Lipinski definition) is 5. The summed E-state index contributed by atoms with van der Waals surface area (Å²) < 4.78 is 20.4. The molecule has 2 aliphatic rings. The van der Waals surface area contributed by atoms with Crippen molar-refractivity contribution in [2.45, 2.75) is 31.4 Å². The molecule has 4 rings (SSSR count). The summed E-state index contributed by atoms with van der Waals surface area (Å²) in [6.45, 7) is 2.30. The molecule has 0 saturated carbocycles. The third kappa shape index (κ3) is 5.21. The summed E-state index contributed by atoms with van der Waals surface area (Å²) in [6, 6.07) is 11.6. The molecular weight excluding hydrogens is 423 g/mol. The zero-order chi connectivity index (χ0) is 23.4. The number of nitrogens with zero attached hydrogens (tertiary/aromatic N) is 2. The molecule has 0 bridgehead atoms. The topological polar surface area (TPSA) is 94.5 Å². The summed E-state index contributed by atoms with van der Waals surface area (Å²) in [5.74, 6) is -0.816. The van der Waals surface area contributed by atoms with Crippen LogP contribution in [0.5, 0.6) is 0 Å². The van der Waals surface area contributed by atoms with Crippen molar-refractivity contribution >= 4 is 11.8 Å². The zero-order valence-electron chi connectivity index (χ0n) is 18.6. The van der Waals surface area contributed by atoms with Crippen LogP contribution in [-0.2, 0) is 22.4 Å². The number of fused-ring (bicyclic) bond motifs is 1. The van der Waals surface area contributed by atoms with Crippen molar-refractivity contribution in [1.29, 1.82) is 5.26 Å². The van der Waals surface area contributed by atoms with Gasteiger partial charge in [-0.2, -0.15) is 5.26 Å². The third-order valence-corrected chi connectivity index (χ3v) is 6.12. The van der Waals surface area contributed by atoms with E-state index in [1.54, 1.807) is 30.1 Å². The lowest BCUT2D eigenvalue weighted by Crippen LogP contribution is -2.46. The molecule has 0 aromatic heterocycles. The van der Waals surface area contributed by atoms with Crippen LogP contribution in [0, 0.1) is 17.1 Å². The van der Waals surface area contributed by atoms with Crippen molar-refractivity contribution in [2.24, 2.45) is 0 Å². The van der Waals surface area contributed by atoms with Crippen LogP contribution in [0.3, 0.4) is 0 Å². The second kappa shape index (κ2) is 10.1. The third-order valence-electron chi connectivity index (χ3n) is 6.12. The van der Waals surface area contributed by atoms with E-state index in [4.69, 9.17) is 4.74 Å². The quantitative estimate of drug-likeness (QED) is 0.727. The molecule has 172 valence electrons. The van der Waals surface area contributed by atoms with Gasteiger partial charge in [-0.25, -0.2) is 4.39 Å². The molecule has 33 heavy (non-hydrogen) atoms. The Bertz CT molecular complexity index is 1090. The summed E-state index contributed by atoms with van der Waals surface area (Å²) in [6.07, 6.45) is 0.974. The minimum atomic E-state index is -0.864. The number of carbonyl (C=O) groups is 2. The molecule has 0 radical (unpaired) electrons. The Labute approximate surface area is 192 Å². The molecule has 0 spiro atoms. The highest BCUT2D eigenvalue weighted by Crippen LogP contribution is 2.27. The van der Waals surface area contributed by atoms with Crippen LogP contribution >= 0.6 is 0 Å². The summed E-state index contributed by atoms with van der Waals surface area (Å²) in [4.78, 5) is 26.4. The number of carbonyl (C=O) groups excluding carboxylic acids is 2. The van der Waals surface area contributed by atoms with Crippen molar-refractivity contribution in [3.05, 3.63) is 58.9 Å². The molecule has 2 heterocycles. The number of nitrogens with one attached hydrogen (secondary N) is 2. The Hall–Kier alpha value is -3.28. The molecule has 0 aliphatic carbocycles. The average Bonchev–Trinajstić information content (AvgIpc) is 3.11. The molecule has 8 heteroatoms. The fraction of sp³-hybridized carbons (Fsp3) is 0.400. The highest BCUT2D eigenvalue weighted by molar-refractivity contribution is 5.97. The van der Waals surface area contributed by atoms with Gasteiger partial charge in [-0.3, -0.25) is 9.59 Å². The monoisotopic (exact) mass is 450 g/mol. The van der Waals surface area contributed by atoms with E-state index in [9.17, 15) is 19.2 Å². The standard InChI is InChI=1S/C25H27FN4O3/c1-30-9-7-18-11-16(5-6-21(18)25(30)32)17-3-4-19(22(26)13-17)12-20(14-27)29-24(31)23-15-28-8-2-10-33-23/h3-6,11,13,20,23,28H,2,7-10,12,15H2,1H3,(H,29,31). The molecule has 2 amide bonds. The minimum Gasteiger partial charge on any atom is -0.367 e. The van der Waals surface area contributed by atoms with E-state index in [2.05, 4.69) is 10.6 Å². The van der Waals surface area contributed by atoms with E-state index in [-0.39, 0.29) is 18.2 Å². The summed E-state index contributed by atoms with van der Waals surface area (Å²) in [7, 11) is 1.78. The van der Waals surface area contributed by atoms with Crippen LogP contribution in [0.2, 0.25) is 0 Å². The van der Waals surface area contributed by atoms with E-state index < -0.39 is 18.0 Å². The Morgan fingerprint density at radius 1 is 1.33 bits per heavy atom. The number of rotatable bonds is 5. The summed E-state index contributed by atoms with van der Waals surface area (Å²) in [5, 5.41) is 15.3. The Kier molecular flexibility index (Phi) is 7.02. The lowest BCUT2D eigenvalue weighted by molar-refractivity contribution is -0.132. The number of halogens is 1. The van der Waals surface area contributed by atoms with E-state index in [0.717, 1.165) is 30.5 Å². The molecule has 7 nitrogen and oxygen atoms in total. The zero-order valence-corrected chi connectivity index (χ0v) is 18.6. The number of ether oxygens (including phenoxy) is 1. The number of nitriles is 1. The molecule has 2 atom stereocenters. The predicted molar refractivity (Wildman–Crippen MR) is 121 cm³/mol. The highest BCUT2D eigenvalue weighted by atomic mass is 19.1. The second-order valence-electron chi connectivity index (χ2n) is 8.47. The van der Waals surface area contributed by atoms with Crippen LogP contribution in [0.25, 0.3) is 11.1 Å². The van der Waals surface area contributed by atoms with Crippen molar-refractivity contribution < 1.29 is 18.7 Å². The van der Waals surface area contributed by atoms with Gasteiger partial charge in [0.15, 0.2) is 0 Å².